The summed E-state index contributed by atoms with van der Waals surface area (Å²) in [6.07, 6.45) is 3.59. The summed E-state index contributed by atoms with van der Waals surface area (Å²) in [5.41, 5.74) is 3.22. The molecule has 1 unspecified atom stereocenters. The van der Waals surface area contributed by atoms with E-state index in [1.807, 2.05) is 49.4 Å². The van der Waals surface area contributed by atoms with Crippen LogP contribution in [0.2, 0.25) is 0 Å². The average Bonchev–Trinajstić information content (AvgIpc) is 3.28. The molecule has 1 aliphatic rings. The molecule has 2 heterocycles. The number of hydrogen-bond donors (Lipinski definition) is 1. The van der Waals surface area contributed by atoms with Crippen molar-refractivity contribution >= 4 is 23.7 Å². The predicted molar refractivity (Wildman–Crippen MR) is 138 cm³/mol. The molecule has 1 atom stereocenters. The van der Waals surface area contributed by atoms with E-state index in [4.69, 9.17) is 19.6 Å². The molecule has 1 N–H and O–H groups in total. The van der Waals surface area contributed by atoms with Gasteiger partial charge in [-0.15, -0.1) is 5.10 Å². The molecule has 0 amide bonds. The van der Waals surface area contributed by atoms with Crippen molar-refractivity contribution in [2.75, 3.05) is 18.5 Å². The molecule has 0 spiro atoms. The first-order chi connectivity index (χ1) is 17.1. The molecule has 8 heteroatoms. The molecule has 0 radical (unpaired) electrons. The number of unbranched alkanes of at least 4 members (excludes halogenated alkanes) is 1. The molecular weight excluding hydrogens is 460 g/mol. The Morgan fingerprint density at radius 2 is 2.06 bits per heavy atom. The Balaban J connectivity index is 1.68. The molecule has 182 valence electrons. The van der Waals surface area contributed by atoms with E-state index in [9.17, 15) is 4.79 Å². The predicted octanol–water partition coefficient (Wildman–Crippen LogP) is 5.77. The van der Waals surface area contributed by atoms with Crippen molar-refractivity contribution in [3.63, 3.8) is 0 Å². The van der Waals surface area contributed by atoms with Gasteiger partial charge in [-0.25, -0.2) is 9.48 Å². The number of anilines is 1. The molecule has 2 aromatic carbocycles. The van der Waals surface area contributed by atoms with Gasteiger partial charge in [-0.1, -0.05) is 80.2 Å². The standard InChI is InChI=1S/C27H30N4O3S/c1-4-6-16-33-22-14-10-13-21(17-22)24-23(25(32)34-15-5-2)19(3)28-26-29-27(30-31(24)26)35-18-20-11-8-7-9-12-20/h5,7-14,17,24H,2,4,6,15-16,18H2,1,3H3,(H,28,29,30). The molecule has 0 saturated carbocycles. The van der Waals surface area contributed by atoms with Crippen LogP contribution >= 0.6 is 11.8 Å². The Hall–Kier alpha value is -3.52. The van der Waals surface area contributed by atoms with E-state index >= 15 is 0 Å². The van der Waals surface area contributed by atoms with Gasteiger partial charge in [0.05, 0.1) is 12.2 Å². The van der Waals surface area contributed by atoms with E-state index in [-0.39, 0.29) is 6.61 Å². The number of nitrogens with zero attached hydrogens (tertiary/aromatic N) is 3. The molecule has 0 bridgehead atoms. The number of carbonyl (C=O) groups is 1. The van der Waals surface area contributed by atoms with Gasteiger partial charge in [0.25, 0.3) is 0 Å². The quantitative estimate of drug-likeness (QED) is 0.158. The zero-order valence-electron chi connectivity index (χ0n) is 20.1. The minimum Gasteiger partial charge on any atom is -0.494 e. The molecule has 0 saturated heterocycles. The van der Waals surface area contributed by atoms with Crippen molar-refractivity contribution in [2.45, 2.75) is 43.6 Å². The van der Waals surface area contributed by atoms with Crippen LogP contribution < -0.4 is 10.1 Å². The number of fused-ring (bicyclic) bond motifs is 1. The van der Waals surface area contributed by atoms with E-state index in [2.05, 4.69) is 31.0 Å². The number of esters is 1. The Bertz CT molecular complexity index is 1210. The van der Waals surface area contributed by atoms with Crippen molar-refractivity contribution < 1.29 is 14.3 Å². The summed E-state index contributed by atoms with van der Waals surface area (Å²) in [5, 5.41) is 8.65. The summed E-state index contributed by atoms with van der Waals surface area (Å²) < 4.78 is 13.1. The molecule has 1 aliphatic heterocycles. The van der Waals surface area contributed by atoms with Gasteiger partial charge in [0.15, 0.2) is 0 Å². The lowest BCUT2D eigenvalue weighted by atomic mass is 9.95. The van der Waals surface area contributed by atoms with Crippen LogP contribution in [0.1, 0.15) is 43.9 Å². The fourth-order valence-corrected chi connectivity index (χ4v) is 4.59. The molecule has 1 aromatic heterocycles. The maximum Gasteiger partial charge on any atom is 0.338 e. The second kappa shape index (κ2) is 11.8. The van der Waals surface area contributed by atoms with Gasteiger partial charge in [-0.05, 0) is 36.6 Å². The summed E-state index contributed by atoms with van der Waals surface area (Å²) in [6, 6.07) is 17.5. The number of hydrogen-bond acceptors (Lipinski definition) is 7. The summed E-state index contributed by atoms with van der Waals surface area (Å²) in [7, 11) is 0. The van der Waals surface area contributed by atoms with Gasteiger partial charge in [0.2, 0.25) is 11.1 Å². The average molecular weight is 491 g/mol. The number of nitrogens with one attached hydrogen (secondary N) is 1. The Morgan fingerprint density at radius 1 is 1.23 bits per heavy atom. The van der Waals surface area contributed by atoms with Gasteiger partial charge in [-0.3, -0.25) is 0 Å². The first-order valence-electron chi connectivity index (χ1n) is 11.7. The summed E-state index contributed by atoms with van der Waals surface area (Å²) in [4.78, 5) is 17.8. The molecule has 0 fully saturated rings. The number of ether oxygens (including phenoxy) is 2. The molecule has 0 aliphatic carbocycles. The molecule has 4 rings (SSSR count). The smallest absolute Gasteiger partial charge is 0.338 e. The maximum absolute atomic E-state index is 13.1. The van der Waals surface area contributed by atoms with Gasteiger partial charge < -0.3 is 14.8 Å². The van der Waals surface area contributed by atoms with Gasteiger partial charge in [-0.2, -0.15) is 4.98 Å². The minimum absolute atomic E-state index is 0.130. The van der Waals surface area contributed by atoms with E-state index < -0.39 is 12.0 Å². The lowest BCUT2D eigenvalue weighted by Crippen LogP contribution is -2.29. The van der Waals surface area contributed by atoms with Crippen molar-refractivity contribution in [1.29, 1.82) is 0 Å². The number of aromatic nitrogens is 3. The van der Waals surface area contributed by atoms with Crippen LogP contribution in [0.3, 0.4) is 0 Å². The topological polar surface area (TPSA) is 78.3 Å². The Kier molecular flexibility index (Phi) is 8.26. The third-order valence-corrected chi connectivity index (χ3v) is 6.45. The molecule has 35 heavy (non-hydrogen) atoms. The summed E-state index contributed by atoms with van der Waals surface area (Å²) >= 11 is 1.55. The van der Waals surface area contributed by atoms with Crippen molar-refractivity contribution in [3.05, 3.63) is 89.6 Å². The van der Waals surface area contributed by atoms with E-state index in [0.29, 0.717) is 29.0 Å². The van der Waals surface area contributed by atoms with Crippen LogP contribution in [0.15, 0.2) is 83.7 Å². The third-order valence-electron chi connectivity index (χ3n) is 5.54. The largest absolute Gasteiger partial charge is 0.494 e. The fraction of sp³-hybridized carbons (Fsp3) is 0.296. The first-order valence-corrected chi connectivity index (χ1v) is 12.7. The SMILES string of the molecule is C=CCOC(=O)C1=C(C)Nc2nc(SCc3ccccc3)nn2C1c1cccc(OCCCC)c1. The zero-order valence-corrected chi connectivity index (χ0v) is 20.9. The highest BCUT2D eigenvalue weighted by Gasteiger charge is 2.35. The highest BCUT2D eigenvalue weighted by molar-refractivity contribution is 7.98. The van der Waals surface area contributed by atoms with Crippen LogP contribution in [-0.4, -0.2) is 33.9 Å². The number of benzene rings is 2. The van der Waals surface area contributed by atoms with E-state index in [1.165, 1.54) is 5.56 Å². The number of carbonyl (C=O) groups excluding carboxylic acids is 1. The highest BCUT2D eigenvalue weighted by Crippen LogP contribution is 2.38. The monoisotopic (exact) mass is 490 g/mol. The number of rotatable bonds is 11. The molecular formula is C27H30N4O3S. The van der Waals surface area contributed by atoms with Crippen LogP contribution in [0, 0.1) is 0 Å². The second-order valence-corrected chi connectivity index (χ2v) is 9.11. The van der Waals surface area contributed by atoms with Gasteiger partial charge >= 0.3 is 5.97 Å². The normalized spacial score (nSPS) is 14.7. The number of allylic oxidation sites excluding steroid dienone is 1. The zero-order chi connectivity index (χ0) is 24.6. The fourth-order valence-electron chi connectivity index (χ4n) is 3.81. The van der Waals surface area contributed by atoms with Crippen molar-refractivity contribution in [3.8, 4) is 5.75 Å². The number of thioether (sulfide) groups is 1. The van der Waals surface area contributed by atoms with Crippen LogP contribution in [0.4, 0.5) is 5.95 Å². The minimum atomic E-state index is -0.503. The van der Waals surface area contributed by atoms with Gasteiger partial charge in [0, 0.05) is 11.4 Å². The van der Waals surface area contributed by atoms with E-state index in [1.54, 1.807) is 22.5 Å². The van der Waals surface area contributed by atoms with Crippen LogP contribution in [0.5, 0.6) is 5.75 Å². The summed E-state index contributed by atoms with van der Waals surface area (Å²) in [6.45, 7) is 8.41. The highest BCUT2D eigenvalue weighted by atomic mass is 32.2. The van der Waals surface area contributed by atoms with Crippen molar-refractivity contribution in [2.24, 2.45) is 0 Å². The first kappa shape index (κ1) is 24.6. The molecule has 3 aromatic rings. The van der Waals surface area contributed by atoms with Crippen LogP contribution in [0.25, 0.3) is 0 Å². The Morgan fingerprint density at radius 3 is 2.83 bits per heavy atom. The second-order valence-electron chi connectivity index (χ2n) is 8.16. The lowest BCUT2D eigenvalue weighted by Gasteiger charge is -2.28. The van der Waals surface area contributed by atoms with Crippen LogP contribution in [-0.2, 0) is 15.3 Å². The van der Waals surface area contributed by atoms with Crippen molar-refractivity contribution in [1.82, 2.24) is 14.8 Å². The molecule has 7 nitrogen and oxygen atoms in total. The summed E-state index contributed by atoms with van der Waals surface area (Å²) in [5.74, 6) is 1.67. The Labute approximate surface area is 210 Å². The van der Waals surface area contributed by atoms with Gasteiger partial charge in [0.1, 0.15) is 18.4 Å². The lowest BCUT2D eigenvalue weighted by molar-refractivity contribution is -0.138. The van der Waals surface area contributed by atoms with E-state index in [0.717, 1.165) is 29.9 Å². The third kappa shape index (κ3) is 5.95. The maximum atomic E-state index is 13.1.